The molecular weight excluding hydrogens is 254 g/mol. The molecule has 0 radical (unpaired) electrons. The van der Waals surface area contributed by atoms with Crippen LogP contribution in [0.15, 0.2) is 18.3 Å². The first-order valence-electron chi connectivity index (χ1n) is 6.97. The van der Waals surface area contributed by atoms with Crippen molar-refractivity contribution in [2.24, 2.45) is 11.8 Å². The highest BCUT2D eigenvalue weighted by Crippen LogP contribution is 2.20. The molecule has 0 bridgehead atoms. The molecule has 0 aliphatic carbocycles. The van der Waals surface area contributed by atoms with Gasteiger partial charge in [0, 0.05) is 25.7 Å². The van der Waals surface area contributed by atoms with Crippen LogP contribution >= 0.6 is 0 Å². The highest BCUT2D eigenvalue weighted by molar-refractivity contribution is 5.96. The molecule has 1 aliphatic rings. The molecular formula is C15H21N3O2. The number of nitrogens with one attached hydrogen (secondary N) is 1. The fraction of sp³-hybridized carbons (Fsp3) is 0.533. The minimum atomic E-state index is -0.274. The first-order chi connectivity index (χ1) is 9.45. The quantitative estimate of drug-likeness (QED) is 0.912. The zero-order valence-corrected chi connectivity index (χ0v) is 12.2. The van der Waals surface area contributed by atoms with E-state index in [9.17, 15) is 9.59 Å². The number of aryl methyl sites for hydroxylation is 1. The number of nitrogens with zero attached hydrogens (tertiary/aromatic N) is 2. The third-order valence-electron chi connectivity index (χ3n) is 3.33. The van der Waals surface area contributed by atoms with Gasteiger partial charge in [-0.2, -0.15) is 0 Å². The van der Waals surface area contributed by atoms with Crippen molar-refractivity contribution >= 4 is 17.6 Å². The maximum atomic E-state index is 12.1. The molecule has 5 nitrogen and oxygen atoms in total. The van der Waals surface area contributed by atoms with Crippen LogP contribution in [-0.4, -0.2) is 34.8 Å². The molecule has 1 aromatic rings. The molecule has 5 heteroatoms. The van der Waals surface area contributed by atoms with Crippen LogP contribution in [0.2, 0.25) is 0 Å². The summed E-state index contributed by atoms with van der Waals surface area (Å²) in [7, 11) is 0. The number of rotatable bonds is 4. The van der Waals surface area contributed by atoms with Gasteiger partial charge >= 0.3 is 0 Å². The number of hydrogen-bond donors (Lipinski definition) is 1. The number of carbonyl (C=O) groups excluding carboxylic acids is 2. The Kier molecular flexibility index (Phi) is 4.37. The van der Waals surface area contributed by atoms with Gasteiger partial charge in [-0.05, 0) is 24.5 Å². The van der Waals surface area contributed by atoms with E-state index in [-0.39, 0.29) is 17.7 Å². The summed E-state index contributed by atoms with van der Waals surface area (Å²) in [5.74, 6) is 0.621. The second-order valence-corrected chi connectivity index (χ2v) is 5.80. The SMILES string of the molecule is Cc1ccc(NC(=O)C2CC(=O)N(CC(C)C)C2)nc1. The van der Waals surface area contributed by atoms with Gasteiger partial charge in [0.25, 0.3) is 0 Å². The summed E-state index contributed by atoms with van der Waals surface area (Å²) in [5, 5.41) is 2.78. The minimum Gasteiger partial charge on any atom is -0.342 e. The van der Waals surface area contributed by atoms with Crippen molar-refractivity contribution in [3.8, 4) is 0 Å². The molecule has 0 saturated carbocycles. The van der Waals surface area contributed by atoms with Gasteiger partial charge in [-0.25, -0.2) is 4.98 Å². The summed E-state index contributed by atoms with van der Waals surface area (Å²) in [4.78, 5) is 29.9. The Bertz CT molecular complexity index is 496. The van der Waals surface area contributed by atoms with Crippen molar-refractivity contribution in [2.45, 2.75) is 27.2 Å². The Morgan fingerprint density at radius 1 is 1.50 bits per heavy atom. The van der Waals surface area contributed by atoms with E-state index >= 15 is 0 Å². The molecule has 1 aromatic heterocycles. The Labute approximate surface area is 119 Å². The van der Waals surface area contributed by atoms with E-state index in [0.717, 1.165) is 5.56 Å². The molecule has 1 aliphatic heterocycles. The van der Waals surface area contributed by atoms with Gasteiger partial charge in [-0.1, -0.05) is 19.9 Å². The monoisotopic (exact) mass is 275 g/mol. The zero-order chi connectivity index (χ0) is 14.7. The van der Waals surface area contributed by atoms with Crippen molar-refractivity contribution in [3.63, 3.8) is 0 Å². The molecule has 2 rings (SSSR count). The van der Waals surface area contributed by atoms with E-state index in [0.29, 0.717) is 31.2 Å². The van der Waals surface area contributed by atoms with Crippen LogP contribution in [0.3, 0.4) is 0 Å². The second kappa shape index (κ2) is 6.03. The second-order valence-electron chi connectivity index (χ2n) is 5.80. The van der Waals surface area contributed by atoms with Gasteiger partial charge in [0.2, 0.25) is 11.8 Å². The third kappa shape index (κ3) is 3.56. The summed E-state index contributed by atoms with van der Waals surface area (Å²) in [5.41, 5.74) is 1.04. The topological polar surface area (TPSA) is 62.3 Å². The molecule has 20 heavy (non-hydrogen) atoms. The average molecular weight is 275 g/mol. The number of likely N-dealkylation sites (tertiary alicyclic amines) is 1. The van der Waals surface area contributed by atoms with Gasteiger partial charge in [0.1, 0.15) is 5.82 Å². The van der Waals surface area contributed by atoms with E-state index in [4.69, 9.17) is 0 Å². The minimum absolute atomic E-state index is 0.0655. The van der Waals surface area contributed by atoms with Gasteiger partial charge in [-0.15, -0.1) is 0 Å². The summed E-state index contributed by atoms with van der Waals surface area (Å²) < 4.78 is 0. The summed E-state index contributed by atoms with van der Waals surface area (Å²) >= 11 is 0. The third-order valence-corrected chi connectivity index (χ3v) is 3.33. The summed E-state index contributed by atoms with van der Waals surface area (Å²) in [6.45, 7) is 7.30. The normalized spacial score (nSPS) is 18.7. The van der Waals surface area contributed by atoms with E-state index in [1.54, 1.807) is 17.2 Å². The van der Waals surface area contributed by atoms with Crippen LogP contribution in [0.4, 0.5) is 5.82 Å². The lowest BCUT2D eigenvalue weighted by Gasteiger charge is -2.18. The first kappa shape index (κ1) is 14.5. The van der Waals surface area contributed by atoms with Crippen LogP contribution in [-0.2, 0) is 9.59 Å². The van der Waals surface area contributed by atoms with Gasteiger partial charge < -0.3 is 10.2 Å². The molecule has 1 fully saturated rings. The maximum absolute atomic E-state index is 12.1. The van der Waals surface area contributed by atoms with E-state index in [1.807, 2.05) is 13.0 Å². The molecule has 1 atom stereocenters. The molecule has 1 saturated heterocycles. The van der Waals surface area contributed by atoms with Crippen LogP contribution in [0.1, 0.15) is 25.8 Å². The average Bonchev–Trinajstić information content (AvgIpc) is 2.73. The van der Waals surface area contributed by atoms with Crippen LogP contribution in [0, 0.1) is 18.8 Å². The zero-order valence-electron chi connectivity index (χ0n) is 12.2. The number of carbonyl (C=O) groups is 2. The Morgan fingerprint density at radius 3 is 2.85 bits per heavy atom. The van der Waals surface area contributed by atoms with Crippen molar-refractivity contribution in [3.05, 3.63) is 23.9 Å². The lowest BCUT2D eigenvalue weighted by molar-refractivity contribution is -0.128. The summed E-state index contributed by atoms with van der Waals surface area (Å²) in [6.07, 6.45) is 2.00. The number of amides is 2. The van der Waals surface area contributed by atoms with Gasteiger partial charge in [-0.3, -0.25) is 9.59 Å². The van der Waals surface area contributed by atoms with Crippen molar-refractivity contribution in [1.29, 1.82) is 0 Å². The molecule has 0 aromatic carbocycles. The smallest absolute Gasteiger partial charge is 0.230 e. The lowest BCUT2D eigenvalue weighted by atomic mass is 10.1. The number of pyridine rings is 1. The number of aromatic nitrogens is 1. The van der Waals surface area contributed by atoms with Crippen molar-refractivity contribution in [2.75, 3.05) is 18.4 Å². The molecule has 108 valence electrons. The molecule has 2 heterocycles. The highest BCUT2D eigenvalue weighted by atomic mass is 16.2. The predicted molar refractivity (Wildman–Crippen MR) is 77.1 cm³/mol. The largest absolute Gasteiger partial charge is 0.342 e. The van der Waals surface area contributed by atoms with Crippen molar-refractivity contribution < 1.29 is 9.59 Å². The van der Waals surface area contributed by atoms with Gasteiger partial charge in [0.05, 0.1) is 5.92 Å². The predicted octanol–water partition coefficient (Wildman–Crippen LogP) is 1.83. The van der Waals surface area contributed by atoms with Crippen molar-refractivity contribution in [1.82, 2.24) is 9.88 Å². The number of hydrogen-bond acceptors (Lipinski definition) is 3. The van der Waals surface area contributed by atoms with Crippen LogP contribution in [0.25, 0.3) is 0 Å². The highest BCUT2D eigenvalue weighted by Gasteiger charge is 2.34. The van der Waals surface area contributed by atoms with Crippen LogP contribution < -0.4 is 5.32 Å². The van der Waals surface area contributed by atoms with E-state index in [1.165, 1.54) is 0 Å². The fourth-order valence-corrected chi connectivity index (χ4v) is 2.34. The lowest BCUT2D eigenvalue weighted by Crippen LogP contribution is -2.31. The maximum Gasteiger partial charge on any atom is 0.230 e. The van der Waals surface area contributed by atoms with Gasteiger partial charge in [0.15, 0.2) is 0 Å². The molecule has 1 N–H and O–H groups in total. The molecule has 0 spiro atoms. The Morgan fingerprint density at radius 2 is 2.25 bits per heavy atom. The van der Waals surface area contributed by atoms with Crippen LogP contribution in [0.5, 0.6) is 0 Å². The Balaban J connectivity index is 1.94. The molecule has 2 amide bonds. The fourth-order valence-electron chi connectivity index (χ4n) is 2.34. The Hall–Kier alpha value is -1.91. The van der Waals surface area contributed by atoms with E-state index in [2.05, 4.69) is 24.1 Å². The van der Waals surface area contributed by atoms with E-state index < -0.39 is 0 Å². The standard InChI is InChI=1S/C15H21N3O2/c1-10(2)8-18-9-12(6-14(18)19)15(20)17-13-5-4-11(3)7-16-13/h4-5,7,10,12H,6,8-9H2,1-3H3,(H,16,17,20). The number of anilines is 1. The first-order valence-corrected chi connectivity index (χ1v) is 6.97. The summed E-state index contributed by atoms with van der Waals surface area (Å²) in [6, 6.07) is 3.67. The molecule has 1 unspecified atom stereocenters.